The summed E-state index contributed by atoms with van der Waals surface area (Å²) in [5.74, 6) is 1.44. The Labute approximate surface area is 107 Å². The first-order chi connectivity index (χ1) is 8.69. The number of rotatable bonds is 4. The van der Waals surface area contributed by atoms with Gasteiger partial charge in [-0.1, -0.05) is 5.57 Å². The van der Waals surface area contributed by atoms with Crippen molar-refractivity contribution in [1.82, 2.24) is 5.32 Å². The Morgan fingerprint density at radius 1 is 1.33 bits per heavy atom. The normalized spacial score (nSPS) is 15.1. The van der Waals surface area contributed by atoms with Gasteiger partial charge in [0.1, 0.15) is 5.75 Å². The van der Waals surface area contributed by atoms with Gasteiger partial charge >= 0.3 is 6.03 Å². The molecule has 0 saturated heterocycles. The zero-order valence-corrected chi connectivity index (χ0v) is 10.7. The molecule has 2 N–H and O–H groups in total. The molecule has 0 aliphatic heterocycles. The lowest BCUT2D eigenvalue weighted by Gasteiger charge is -2.06. The number of carbonyl (C=O) groups is 1. The number of nitrogens with one attached hydrogen (secondary N) is 2. The average Bonchev–Trinajstić information content (AvgIpc) is 3.21. The Kier molecular flexibility index (Phi) is 3.87. The highest BCUT2D eigenvalue weighted by Crippen LogP contribution is 2.35. The van der Waals surface area contributed by atoms with Gasteiger partial charge in [0, 0.05) is 11.9 Å². The Hall–Kier alpha value is -1.97. The standard InChI is InChI=1S/C14H18N2O2/c1-10(11-3-4-11)9-15-14(17)16-12-5-7-13(18-2)8-6-12/h5-9,11H,3-4H2,1-2H3,(H2,15,16,17)/b10-9+. The Morgan fingerprint density at radius 2 is 2.00 bits per heavy atom. The van der Waals surface area contributed by atoms with E-state index in [1.165, 1.54) is 18.4 Å². The Morgan fingerprint density at radius 3 is 2.56 bits per heavy atom. The number of hydrogen-bond donors (Lipinski definition) is 2. The highest BCUT2D eigenvalue weighted by atomic mass is 16.5. The maximum atomic E-state index is 11.6. The summed E-state index contributed by atoms with van der Waals surface area (Å²) in [4.78, 5) is 11.6. The molecular formula is C14H18N2O2. The van der Waals surface area contributed by atoms with Gasteiger partial charge in [-0.2, -0.15) is 0 Å². The van der Waals surface area contributed by atoms with Crippen molar-refractivity contribution < 1.29 is 9.53 Å². The molecule has 4 heteroatoms. The molecule has 2 rings (SSSR count). The number of hydrogen-bond acceptors (Lipinski definition) is 2. The summed E-state index contributed by atoms with van der Waals surface area (Å²) < 4.78 is 5.05. The minimum atomic E-state index is -0.222. The van der Waals surface area contributed by atoms with Gasteiger partial charge in [-0.25, -0.2) is 4.79 Å². The molecule has 0 heterocycles. The number of methoxy groups -OCH3 is 1. The Bertz CT molecular complexity index is 447. The van der Waals surface area contributed by atoms with Crippen LogP contribution in [0.3, 0.4) is 0 Å². The van der Waals surface area contributed by atoms with Crippen LogP contribution in [-0.2, 0) is 0 Å². The van der Waals surface area contributed by atoms with Gasteiger partial charge in [-0.3, -0.25) is 0 Å². The van der Waals surface area contributed by atoms with Crippen molar-refractivity contribution in [2.75, 3.05) is 12.4 Å². The first-order valence-corrected chi connectivity index (χ1v) is 6.07. The highest BCUT2D eigenvalue weighted by molar-refractivity contribution is 5.89. The molecule has 1 saturated carbocycles. The Balaban J connectivity index is 1.84. The summed E-state index contributed by atoms with van der Waals surface area (Å²) in [5.41, 5.74) is 1.98. The van der Waals surface area contributed by atoms with Gasteiger partial charge in [0.25, 0.3) is 0 Å². The van der Waals surface area contributed by atoms with E-state index in [1.54, 1.807) is 37.6 Å². The monoisotopic (exact) mass is 246 g/mol. The van der Waals surface area contributed by atoms with Crippen LogP contribution in [0.2, 0.25) is 0 Å². The first kappa shape index (κ1) is 12.5. The fraction of sp³-hybridized carbons (Fsp3) is 0.357. The maximum absolute atomic E-state index is 11.6. The van der Waals surface area contributed by atoms with Crippen LogP contribution in [-0.4, -0.2) is 13.1 Å². The second kappa shape index (κ2) is 5.58. The van der Waals surface area contributed by atoms with E-state index in [0.717, 1.165) is 11.4 Å². The van der Waals surface area contributed by atoms with E-state index in [9.17, 15) is 4.79 Å². The van der Waals surface area contributed by atoms with E-state index in [-0.39, 0.29) is 6.03 Å². The maximum Gasteiger partial charge on any atom is 0.323 e. The lowest BCUT2D eigenvalue weighted by atomic mass is 10.2. The fourth-order valence-corrected chi connectivity index (χ4v) is 1.68. The summed E-state index contributed by atoms with van der Waals surface area (Å²) in [5, 5.41) is 5.50. The van der Waals surface area contributed by atoms with Crippen LogP contribution in [0.4, 0.5) is 10.5 Å². The van der Waals surface area contributed by atoms with Crippen LogP contribution >= 0.6 is 0 Å². The molecule has 1 aliphatic rings. The smallest absolute Gasteiger partial charge is 0.323 e. The molecule has 0 bridgehead atoms. The van der Waals surface area contributed by atoms with Gasteiger partial charge in [0.05, 0.1) is 7.11 Å². The number of urea groups is 1. The van der Waals surface area contributed by atoms with Crippen molar-refractivity contribution in [3.05, 3.63) is 36.0 Å². The number of ether oxygens (including phenoxy) is 1. The second-order valence-electron chi connectivity index (χ2n) is 4.49. The van der Waals surface area contributed by atoms with Crippen molar-refractivity contribution in [3.8, 4) is 5.75 Å². The van der Waals surface area contributed by atoms with Crippen molar-refractivity contribution in [3.63, 3.8) is 0 Å². The van der Waals surface area contributed by atoms with Crippen molar-refractivity contribution in [2.45, 2.75) is 19.8 Å². The van der Waals surface area contributed by atoms with E-state index in [1.807, 2.05) is 6.92 Å². The number of allylic oxidation sites excluding steroid dienone is 1. The van der Waals surface area contributed by atoms with Crippen LogP contribution in [0.25, 0.3) is 0 Å². The van der Waals surface area contributed by atoms with E-state index in [2.05, 4.69) is 10.6 Å². The predicted octanol–water partition coefficient (Wildman–Crippen LogP) is 3.13. The summed E-state index contributed by atoms with van der Waals surface area (Å²) in [6.45, 7) is 2.05. The molecule has 1 aromatic carbocycles. The molecule has 1 fully saturated rings. The minimum absolute atomic E-state index is 0.222. The highest BCUT2D eigenvalue weighted by Gasteiger charge is 2.22. The predicted molar refractivity (Wildman–Crippen MR) is 71.6 cm³/mol. The quantitative estimate of drug-likeness (QED) is 0.857. The molecule has 0 unspecified atom stereocenters. The van der Waals surface area contributed by atoms with E-state index in [4.69, 9.17) is 4.74 Å². The lowest BCUT2D eigenvalue weighted by Crippen LogP contribution is -2.24. The number of benzene rings is 1. The number of carbonyl (C=O) groups excluding carboxylic acids is 1. The number of anilines is 1. The molecule has 1 aromatic rings. The van der Waals surface area contributed by atoms with Gasteiger partial charge in [-0.15, -0.1) is 0 Å². The molecule has 96 valence electrons. The lowest BCUT2D eigenvalue weighted by molar-refractivity contribution is 0.255. The van der Waals surface area contributed by atoms with Crippen LogP contribution < -0.4 is 15.4 Å². The molecule has 2 amide bonds. The van der Waals surface area contributed by atoms with Crippen LogP contribution in [0, 0.1) is 5.92 Å². The zero-order chi connectivity index (χ0) is 13.0. The molecule has 18 heavy (non-hydrogen) atoms. The first-order valence-electron chi connectivity index (χ1n) is 6.07. The molecule has 0 spiro atoms. The number of amides is 2. The molecule has 0 radical (unpaired) electrons. The molecular weight excluding hydrogens is 228 g/mol. The minimum Gasteiger partial charge on any atom is -0.497 e. The molecule has 0 aromatic heterocycles. The third-order valence-corrected chi connectivity index (χ3v) is 3.00. The third kappa shape index (κ3) is 3.52. The van der Waals surface area contributed by atoms with Crippen molar-refractivity contribution >= 4 is 11.7 Å². The summed E-state index contributed by atoms with van der Waals surface area (Å²) in [6.07, 6.45) is 4.27. The molecule has 4 nitrogen and oxygen atoms in total. The molecule has 0 atom stereocenters. The van der Waals surface area contributed by atoms with E-state index < -0.39 is 0 Å². The molecule has 1 aliphatic carbocycles. The average molecular weight is 246 g/mol. The summed E-state index contributed by atoms with van der Waals surface area (Å²) >= 11 is 0. The van der Waals surface area contributed by atoms with Gasteiger partial charge in [0.15, 0.2) is 0 Å². The third-order valence-electron chi connectivity index (χ3n) is 3.00. The summed E-state index contributed by atoms with van der Waals surface area (Å²) in [6, 6.07) is 6.99. The second-order valence-corrected chi connectivity index (χ2v) is 4.49. The summed E-state index contributed by atoms with van der Waals surface area (Å²) in [7, 11) is 1.61. The topological polar surface area (TPSA) is 50.4 Å². The van der Waals surface area contributed by atoms with Crippen molar-refractivity contribution in [2.24, 2.45) is 5.92 Å². The van der Waals surface area contributed by atoms with Crippen LogP contribution in [0.5, 0.6) is 5.75 Å². The zero-order valence-electron chi connectivity index (χ0n) is 10.7. The van der Waals surface area contributed by atoms with Gasteiger partial charge in [0.2, 0.25) is 0 Å². The van der Waals surface area contributed by atoms with E-state index >= 15 is 0 Å². The largest absolute Gasteiger partial charge is 0.497 e. The van der Waals surface area contributed by atoms with Crippen LogP contribution in [0.1, 0.15) is 19.8 Å². The SMILES string of the molecule is COc1ccc(NC(=O)N/C=C(\C)C2CC2)cc1. The van der Waals surface area contributed by atoms with Gasteiger partial charge in [-0.05, 0) is 49.9 Å². The van der Waals surface area contributed by atoms with Crippen molar-refractivity contribution in [1.29, 1.82) is 0 Å². The van der Waals surface area contributed by atoms with E-state index in [0.29, 0.717) is 5.92 Å². The van der Waals surface area contributed by atoms with Crippen LogP contribution in [0.15, 0.2) is 36.0 Å². The fourth-order valence-electron chi connectivity index (χ4n) is 1.68. The van der Waals surface area contributed by atoms with Gasteiger partial charge < -0.3 is 15.4 Å².